The molecule has 1 saturated heterocycles. The topological polar surface area (TPSA) is 142 Å². The number of rotatable bonds is 8. The molecule has 10 nitrogen and oxygen atoms in total. The van der Waals surface area contributed by atoms with Gasteiger partial charge in [0.15, 0.2) is 12.8 Å². The monoisotopic (exact) mass is 450 g/mol. The largest absolute Gasteiger partial charge is 0.452 e. The first-order valence-electron chi connectivity index (χ1n) is 9.94. The number of ether oxygens (including phenoxy) is 3. The van der Waals surface area contributed by atoms with Crippen LogP contribution in [0.15, 0.2) is 12.4 Å². The van der Waals surface area contributed by atoms with E-state index in [-0.39, 0.29) is 31.4 Å². The minimum absolute atomic E-state index is 0.0994. The minimum Gasteiger partial charge on any atom is -0.452 e. The molecule has 1 aliphatic rings. The average Bonchev–Trinajstić information content (AvgIpc) is 3.26. The highest BCUT2D eigenvalue weighted by Gasteiger charge is 2.44. The van der Waals surface area contributed by atoms with Crippen LogP contribution in [-0.2, 0) is 19.0 Å². The summed E-state index contributed by atoms with van der Waals surface area (Å²) < 4.78 is 17.9. The second kappa shape index (κ2) is 10.8. The lowest BCUT2D eigenvalue weighted by Gasteiger charge is -2.19. The molecule has 4 unspecified atom stereocenters. The van der Waals surface area contributed by atoms with Crippen LogP contribution in [0.5, 0.6) is 0 Å². The minimum atomic E-state index is -1.24. The van der Waals surface area contributed by atoms with E-state index in [0.717, 1.165) is 0 Å². The lowest BCUT2D eigenvalue weighted by molar-refractivity contribution is -0.142. The Kier molecular flexibility index (Phi) is 8.11. The maximum Gasteiger partial charge on any atom is 0.306 e. The maximum absolute atomic E-state index is 11.6. The number of aliphatic hydroxyl groups is 2. The van der Waals surface area contributed by atoms with E-state index in [4.69, 9.17) is 19.9 Å². The van der Waals surface area contributed by atoms with E-state index in [0.29, 0.717) is 35.5 Å². The van der Waals surface area contributed by atoms with E-state index in [1.165, 1.54) is 6.33 Å². The molecule has 0 spiro atoms. The van der Waals surface area contributed by atoms with E-state index in [1.807, 2.05) is 6.92 Å². The molecule has 0 aromatic carbocycles. The van der Waals surface area contributed by atoms with Crippen LogP contribution in [0.3, 0.4) is 0 Å². The summed E-state index contributed by atoms with van der Waals surface area (Å²) in [5.41, 5.74) is 6.79. The van der Waals surface area contributed by atoms with Crippen molar-refractivity contribution < 1.29 is 29.2 Å². The van der Waals surface area contributed by atoms with E-state index in [9.17, 15) is 15.0 Å². The summed E-state index contributed by atoms with van der Waals surface area (Å²) in [6.45, 7) is 2.31. The molecule has 0 aliphatic carbocycles. The second-order valence-corrected chi connectivity index (χ2v) is 7.34. The molecule has 11 heteroatoms. The van der Waals surface area contributed by atoms with Crippen molar-refractivity contribution in [1.82, 2.24) is 14.5 Å². The van der Waals surface area contributed by atoms with Gasteiger partial charge in [-0.1, -0.05) is 5.92 Å². The third-order valence-electron chi connectivity index (χ3n) is 4.80. The smallest absolute Gasteiger partial charge is 0.306 e. The van der Waals surface area contributed by atoms with Gasteiger partial charge in [0.2, 0.25) is 0 Å². The van der Waals surface area contributed by atoms with Crippen molar-refractivity contribution >= 4 is 35.4 Å². The standard InChI is InChI=1S/C20H26N4O6S/c1-2-28-10-14-16(26)17(27)20(30-14)24-12(5-3-7-29-15(25)6-4-8-31)9-13-18(21)22-11-23-19(13)24/h9,11,14,16-17,20,26-27,31H,2,4,6-8,10H2,1H3,(H2,21,22,23). The van der Waals surface area contributed by atoms with Crippen molar-refractivity contribution in [3.63, 3.8) is 0 Å². The first-order chi connectivity index (χ1) is 15.0. The predicted molar refractivity (Wildman–Crippen MR) is 115 cm³/mol. The summed E-state index contributed by atoms with van der Waals surface area (Å²) in [4.78, 5) is 19.9. The Morgan fingerprint density at radius 2 is 2.19 bits per heavy atom. The molecule has 3 rings (SSSR count). The Balaban J connectivity index is 1.88. The van der Waals surface area contributed by atoms with Crippen LogP contribution in [0.2, 0.25) is 0 Å². The number of aromatic nitrogens is 3. The van der Waals surface area contributed by atoms with Crippen molar-refractivity contribution in [1.29, 1.82) is 0 Å². The molecule has 0 amide bonds. The van der Waals surface area contributed by atoms with Crippen LogP contribution in [-0.4, -0.2) is 74.6 Å². The Morgan fingerprint density at radius 3 is 2.94 bits per heavy atom. The third kappa shape index (κ3) is 5.28. The van der Waals surface area contributed by atoms with Gasteiger partial charge in [-0.3, -0.25) is 9.36 Å². The molecule has 4 atom stereocenters. The molecule has 1 fully saturated rings. The van der Waals surface area contributed by atoms with E-state index < -0.39 is 24.5 Å². The van der Waals surface area contributed by atoms with Gasteiger partial charge < -0.3 is 30.2 Å². The third-order valence-corrected chi connectivity index (χ3v) is 5.12. The zero-order valence-electron chi connectivity index (χ0n) is 17.1. The first kappa shape index (κ1) is 23.3. The summed E-state index contributed by atoms with van der Waals surface area (Å²) in [6.07, 6.45) is -1.87. The van der Waals surface area contributed by atoms with Crippen LogP contribution >= 0.6 is 12.6 Å². The molecular formula is C20H26N4O6S. The maximum atomic E-state index is 11.6. The van der Waals surface area contributed by atoms with Crippen molar-refractivity contribution in [3.05, 3.63) is 18.1 Å². The quantitative estimate of drug-likeness (QED) is 0.253. The van der Waals surface area contributed by atoms with Crippen molar-refractivity contribution in [2.75, 3.05) is 31.3 Å². The van der Waals surface area contributed by atoms with E-state index >= 15 is 0 Å². The molecule has 2 aromatic heterocycles. The highest BCUT2D eigenvalue weighted by molar-refractivity contribution is 7.80. The summed E-state index contributed by atoms with van der Waals surface area (Å²) in [6, 6.07) is 1.67. The SMILES string of the molecule is CCOCC1OC(n2c(C#CCOC(=O)CCCS)cc3c(N)ncnc32)C(O)C1O. The Labute approximate surface area is 185 Å². The molecule has 0 radical (unpaired) electrons. The lowest BCUT2D eigenvalue weighted by atomic mass is 10.1. The highest BCUT2D eigenvalue weighted by atomic mass is 32.1. The number of fused-ring (bicyclic) bond motifs is 1. The molecule has 1 aliphatic heterocycles. The fourth-order valence-electron chi connectivity index (χ4n) is 3.26. The Morgan fingerprint density at radius 1 is 1.39 bits per heavy atom. The number of nitrogens with two attached hydrogens (primary N) is 1. The van der Waals surface area contributed by atoms with Crippen molar-refractivity contribution in [3.8, 4) is 11.8 Å². The summed E-state index contributed by atoms with van der Waals surface area (Å²) in [5.74, 6) is 6.17. The number of hydrogen-bond acceptors (Lipinski definition) is 10. The molecule has 31 heavy (non-hydrogen) atoms. The van der Waals surface area contributed by atoms with Crippen LogP contribution in [0.1, 0.15) is 31.7 Å². The number of thiol groups is 1. The number of nitrogens with zero attached hydrogens (tertiary/aromatic N) is 3. The number of nitrogen functional groups attached to an aromatic ring is 1. The van der Waals surface area contributed by atoms with Gasteiger partial charge in [0.05, 0.1) is 17.7 Å². The zero-order valence-corrected chi connectivity index (χ0v) is 18.0. The number of anilines is 1. The molecule has 168 valence electrons. The number of esters is 1. The van der Waals surface area contributed by atoms with Gasteiger partial charge in [0.1, 0.15) is 36.1 Å². The zero-order chi connectivity index (χ0) is 22.4. The second-order valence-electron chi connectivity index (χ2n) is 6.89. The summed E-state index contributed by atoms with van der Waals surface area (Å²) >= 11 is 4.06. The van der Waals surface area contributed by atoms with Gasteiger partial charge in [-0.2, -0.15) is 12.6 Å². The van der Waals surface area contributed by atoms with Crippen LogP contribution in [0.4, 0.5) is 5.82 Å². The molecular weight excluding hydrogens is 424 g/mol. The molecule has 0 bridgehead atoms. The summed E-state index contributed by atoms with van der Waals surface area (Å²) in [7, 11) is 0. The number of carbonyl (C=O) groups excluding carboxylic acids is 1. The van der Waals surface area contributed by atoms with Gasteiger partial charge >= 0.3 is 5.97 Å². The average molecular weight is 451 g/mol. The van der Waals surface area contributed by atoms with Gasteiger partial charge in [-0.15, -0.1) is 0 Å². The Bertz CT molecular complexity index is 972. The predicted octanol–water partition coefficient (Wildman–Crippen LogP) is 0.274. The van der Waals surface area contributed by atoms with Crippen LogP contribution in [0.25, 0.3) is 11.0 Å². The molecule has 3 heterocycles. The fraction of sp³-hybridized carbons (Fsp3) is 0.550. The van der Waals surface area contributed by atoms with E-state index in [1.54, 1.807) is 10.6 Å². The van der Waals surface area contributed by atoms with Crippen molar-refractivity contribution in [2.24, 2.45) is 0 Å². The molecule has 4 N–H and O–H groups in total. The van der Waals surface area contributed by atoms with Gasteiger partial charge in [0.25, 0.3) is 0 Å². The normalized spacial score (nSPS) is 23.0. The van der Waals surface area contributed by atoms with Gasteiger partial charge in [0, 0.05) is 13.0 Å². The van der Waals surface area contributed by atoms with Gasteiger partial charge in [-0.05, 0) is 31.1 Å². The number of aliphatic hydroxyl groups excluding tert-OH is 2. The Hall–Kier alpha value is -2.36. The molecule has 0 saturated carbocycles. The van der Waals surface area contributed by atoms with Crippen LogP contribution < -0.4 is 5.73 Å². The van der Waals surface area contributed by atoms with Crippen LogP contribution in [0, 0.1) is 11.8 Å². The highest BCUT2D eigenvalue weighted by Crippen LogP contribution is 2.34. The van der Waals surface area contributed by atoms with Gasteiger partial charge in [-0.25, -0.2) is 9.97 Å². The van der Waals surface area contributed by atoms with Crippen molar-refractivity contribution in [2.45, 2.75) is 44.3 Å². The number of hydrogen-bond donors (Lipinski definition) is 4. The van der Waals surface area contributed by atoms with E-state index in [2.05, 4.69) is 34.4 Å². The number of carbonyl (C=O) groups is 1. The summed E-state index contributed by atoms with van der Waals surface area (Å²) in [5, 5.41) is 21.5. The lowest BCUT2D eigenvalue weighted by Crippen LogP contribution is -2.34. The molecule has 2 aromatic rings. The fourth-order valence-corrected chi connectivity index (χ4v) is 3.42. The first-order valence-corrected chi connectivity index (χ1v) is 10.6.